The summed E-state index contributed by atoms with van der Waals surface area (Å²) in [4.78, 5) is 23.0. The van der Waals surface area contributed by atoms with E-state index in [1.807, 2.05) is 0 Å². The molecule has 6 nitrogen and oxygen atoms in total. The molecular formula is C19H12Cl2N2O4. The number of aromatic carboxylic acids is 1. The molecule has 0 unspecified atom stereocenters. The van der Waals surface area contributed by atoms with Gasteiger partial charge < -0.3 is 9.52 Å². The van der Waals surface area contributed by atoms with Crippen LogP contribution >= 0.6 is 23.2 Å². The standard InChI is InChI=1S/C19H12Cl2N2O4/c20-13-4-1-11(2-5-13)18(24)23-22-10-14-6-8-17(27-14)15-9-12(19(25)26)3-7-16(15)21/h1-10H,(H,23,24)(H,25,26)/b22-10-. The van der Waals surface area contributed by atoms with E-state index in [1.54, 1.807) is 36.4 Å². The predicted octanol–water partition coefficient (Wildman–Crippen LogP) is 4.72. The third kappa shape index (κ3) is 4.55. The van der Waals surface area contributed by atoms with Gasteiger partial charge in [0.25, 0.3) is 5.91 Å². The van der Waals surface area contributed by atoms with Crippen LogP contribution < -0.4 is 5.43 Å². The van der Waals surface area contributed by atoms with Crippen molar-refractivity contribution >= 4 is 41.3 Å². The lowest BCUT2D eigenvalue weighted by molar-refractivity contribution is 0.0696. The van der Waals surface area contributed by atoms with E-state index >= 15 is 0 Å². The van der Waals surface area contributed by atoms with Gasteiger partial charge in [0.1, 0.15) is 11.5 Å². The maximum Gasteiger partial charge on any atom is 0.335 e. The second-order valence-corrected chi connectivity index (χ2v) is 6.25. The molecule has 2 N–H and O–H groups in total. The lowest BCUT2D eigenvalue weighted by atomic mass is 10.1. The molecule has 0 fully saturated rings. The fourth-order valence-electron chi connectivity index (χ4n) is 2.23. The maximum absolute atomic E-state index is 11.9. The minimum absolute atomic E-state index is 0.0937. The SMILES string of the molecule is O=C(O)c1ccc(Cl)c(-c2ccc(/C=N\NC(=O)c3ccc(Cl)cc3)o2)c1. The molecule has 0 aliphatic heterocycles. The number of carbonyl (C=O) groups is 2. The number of furan rings is 1. The second-order valence-electron chi connectivity index (χ2n) is 5.41. The van der Waals surface area contributed by atoms with Crippen LogP contribution in [0.15, 0.2) is 64.1 Å². The van der Waals surface area contributed by atoms with E-state index in [-0.39, 0.29) is 5.56 Å². The average Bonchev–Trinajstić information content (AvgIpc) is 3.11. The molecule has 0 saturated carbocycles. The van der Waals surface area contributed by atoms with Crippen LogP contribution in [0.25, 0.3) is 11.3 Å². The molecule has 3 rings (SSSR count). The number of carboxylic acids is 1. The Hall–Kier alpha value is -3.09. The fraction of sp³-hybridized carbons (Fsp3) is 0. The van der Waals surface area contributed by atoms with Gasteiger partial charge in [-0.2, -0.15) is 5.10 Å². The summed E-state index contributed by atoms with van der Waals surface area (Å²) in [7, 11) is 0. The van der Waals surface area contributed by atoms with Crippen molar-refractivity contribution in [3.8, 4) is 11.3 Å². The third-order valence-corrected chi connectivity index (χ3v) is 4.15. The Morgan fingerprint density at radius 2 is 1.70 bits per heavy atom. The first kappa shape index (κ1) is 18.7. The highest BCUT2D eigenvalue weighted by Gasteiger charge is 2.12. The number of hydrazone groups is 1. The molecule has 0 radical (unpaired) electrons. The predicted molar refractivity (Wildman–Crippen MR) is 103 cm³/mol. The highest BCUT2D eigenvalue weighted by atomic mass is 35.5. The highest BCUT2D eigenvalue weighted by Crippen LogP contribution is 2.30. The van der Waals surface area contributed by atoms with Crippen LogP contribution in [0, 0.1) is 0 Å². The van der Waals surface area contributed by atoms with Crippen molar-refractivity contribution in [3.63, 3.8) is 0 Å². The number of nitrogens with zero attached hydrogens (tertiary/aromatic N) is 1. The molecule has 8 heteroatoms. The van der Waals surface area contributed by atoms with E-state index < -0.39 is 11.9 Å². The Morgan fingerprint density at radius 3 is 2.41 bits per heavy atom. The summed E-state index contributed by atoms with van der Waals surface area (Å²) in [6, 6.07) is 13.9. The van der Waals surface area contributed by atoms with Crippen molar-refractivity contribution < 1.29 is 19.1 Å². The Morgan fingerprint density at radius 1 is 1.00 bits per heavy atom. The van der Waals surface area contributed by atoms with Gasteiger partial charge in [-0.3, -0.25) is 4.79 Å². The van der Waals surface area contributed by atoms with Crippen molar-refractivity contribution in [2.24, 2.45) is 5.10 Å². The van der Waals surface area contributed by atoms with E-state index in [9.17, 15) is 9.59 Å². The molecule has 0 atom stereocenters. The molecule has 0 saturated heterocycles. The van der Waals surface area contributed by atoms with Crippen LogP contribution in [0.3, 0.4) is 0 Å². The Kier molecular flexibility index (Phi) is 5.59. The van der Waals surface area contributed by atoms with Gasteiger partial charge in [0.2, 0.25) is 0 Å². The van der Waals surface area contributed by atoms with Gasteiger partial charge in [-0.15, -0.1) is 0 Å². The third-order valence-electron chi connectivity index (χ3n) is 3.57. The number of hydrogen-bond donors (Lipinski definition) is 2. The summed E-state index contributed by atoms with van der Waals surface area (Å²) >= 11 is 11.9. The average molecular weight is 403 g/mol. The molecule has 2 aromatic carbocycles. The molecule has 1 heterocycles. The van der Waals surface area contributed by atoms with Gasteiger partial charge in [0.05, 0.1) is 16.8 Å². The highest BCUT2D eigenvalue weighted by molar-refractivity contribution is 6.33. The number of amides is 1. The van der Waals surface area contributed by atoms with E-state index in [1.165, 1.54) is 24.4 Å². The molecule has 1 aromatic heterocycles. The van der Waals surface area contributed by atoms with Crippen molar-refractivity contribution in [1.82, 2.24) is 5.43 Å². The van der Waals surface area contributed by atoms with Crippen LogP contribution in [-0.4, -0.2) is 23.2 Å². The topological polar surface area (TPSA) is 91.9 Å². The van der Waals surface area contributed by atoms with Gasteiger partial charge in [-0.25, -0.2) is 10.2 Å². The van der Waals surface area contributed by atoms with Crippen LogP contribution in [0.4, 0.5) is 0 Å². The molecule has 0 bridgehead atoms. The number of carboxylic acid groups (broad SMARTS) is 1. The van der Waals surface area contributed by atoms with Crippen LogP contribution in [-0.2, 0) is 0 Å². The first-order valence-corrected chi connectivity index (χ1v) is 8.41. The Labute approximate surface area is 164 Å². The molecule has 1 amide bonds. The van der Waals surface area contributed by atoms with Crippen LogP contribution in [0.1, 0.15) is 26.5 Å². The second kappa shape index (κ2) is 8.07. The molecule has 27 heavy (non-hydrogen) atoms. The molecule has 0 spiro atoms. The first-order chi connectivity index (χ1) is 12.9. The zero-order valence-corrected chi connectivity index (χ0v) is 15.2. The van der Waals surface area contributed by atoms with E-state index in [0.29, 0.717) is 32.7 Å². The van der Waals surface area contributed by atoms with Crippen molar-refractivity contribution in [2.75, 3.05) is 0 Å². The first-order valence-electron chi connectivity index (χ1n) is 7.66. The summed E-state index contributed by atoms with van der Waals surface area (Å²) in [5.41, 5.74) is 3.33. The summed E-state index contributed by atoms with van der Waals surface area (Å²) in [6.07, 6.45) is 1.33. The fourth-order valence-corrected chi connectivity index (χ4v) is 2.57. The zero-order valence-electron chi connectivity index (χ0n) is 13.6. The number of hydrogen-bond acceptors (Lipinski definition) is 4. The molecule has 0 aliphatic carbocycles. The van der Waals surface area contributed by atoms with Crippen LogP contribution in [0.2, 0.25) is 10.0 Å². The van der Waals surface area contributed by atoms with Crippen molar-refractivity contribution in [1.29, 1.82) is 0 Å². The van der Waals surface area contributed by atoms with Crippen molar-refractivity contribution in [3.05, 3.63) is 81.5 Å². The number of halogens is 2. The van der Waals surface area contributed by atoms with E-state index in [0.717, 1.165) is 0 Å². The normalized spacial score (nSPS) is 10.9. The minimum Gasteiger partial charge on any atom is -0.478 e. The van der Waals surface area contributed by atoms with Crippen molar-refractivity contribution in [2.45, 2.75) is 0 Å². The van der Waals surface area contributed by atoms with Crippen LogP contribution in [0.5, 0.6) is 0 Å². The van der Waals surface area contributed by atoms with Gasteiger partial charge in [0, 0.05) is 16.1 Å². The smallest absolute Gasteiger partial charge is 0.335 e. The molecule has 3 aromatic rings. The zero-order chi connectivity index (χ0) is 19.4. The van der Waals surface area contributed by atoms with E-state index in [4.69, 9.17) is 32.7 Å². The molecule has 0 aliphatic rings. The van der Waals surface area contributed by atoms with E-state index in [2.05, 4.69) is 10.5 Å². The van der Waals surface area contributed by atoms with Gasteiger partial charge in [-0.05, 0) is 54.6 Å². The quantitative estimate of drug-likeness (QED) is 0.477. The number of rotatable bonds is 5. The maximum atomic E-state index is 11.9. The number of nitrogens with one attached hydrogen (secondary N) is 1. The Bertz CT molecular complexity index is 1030. The monoisotopic (exact) mass is 402 g/mol. The lowest BCUT2D eigenvalue weighted by Gasteiger charge is -2.02. The van der Waals surface area contributed by atoms with Gasteiger partial charge in [-0.1, -0.05) is 23.2 Å². The summed E-state index contributed by atoms with van der Waals surface area (Å²) in [6.45, 7) is 0. The minimum atomic E-state index is -1.06. The van der Waals surface area contributed by atoms with Gasteiger partial charge >= 0.3 is 5.97 Å². The Balaban J connectivity index is 1.72. The molecular weight excluding hydrogens is 391 g/mol. The largest absolute Gasteiger partial charge is 0.478 e. The lowest BCUT2D eigenvalue weighted by Crippen LogP contribution is -2.17. The summed E-state index contributed by atoms with van der Waals surface area (Å²) < 4.78 is 5.59. The summed E-state index contributed by atoms with van der Waals surface area (Å²) in [5.74, 6) is -0.718. The molecule has 136 valence electrons. The number of benzene rings is 2. The van der Waals surface area contributed by atoms with Gasteiger partial charge in [0.15, 0.2) is 0 Å². The summed E-state index contributed by atoms with van der Waals surface area (Å²) in [5, 5.41) is 13.8. The number of carbonyl (C=O) groups excluding carboxylic acids is 1.